The molecule has 86 valence electrons. The third-order valence-electron chi connectivity index (χ3n) is 2.98. The summed E-state index contributed by atoms with van der Waals surface area (Å²) in [6.07, 6.45) is 3.62. The SMILES string of the molecule is Brc1cccc(Oc2ccc3c(c2)CCC3)n1. The Bertz CT molecular complexity index is 554. The number of pyridine rings is 1. The van der Waals surface area contributed by atoms with E-state index in [0.29, 0.717) is 5.88 Å². The number of aromatic nitrogens is 1. The van der Waals surface area contributed by atoms with Gasteiger partial charge in [0.2, 0.25) is 5.88 Å². The van der Waals surface area contributed by atoms with Gasteiger partial charge >= 0.3 is 0 Å². The van der Waals surface area contributed by atoms with E-state index in [1.54, 1.807) is 0 Å². The lowest BCUT2D eigenvalue weighted by atomic mass is 10.1. The van der Waals surface area contributed by atoms with Crippen LogP contribution in [-0.4, -0.2) is 4.98 Å². The molecular formula is C14H12BrNO. The summed E-state index contributed by atoms with van der Waals surface area (Å²) in [7, 11) is 0. The number of fused-ring (bicyclic) bond motifs is 1. The highest BCUT2D eigenvalue weighted by atomic mass is 79.9. The first-order chi connectivity index (χ1) is 8.31. The van der Waals surface area contributed by atoms with Gasteiger partial charge in [-0.3, -0.25) is 0 Å². The normalized spacial score (nSPS) is 13.5. The van der Waals surface area contributed by atoms with E-state index in [0.717, 1.165) is 10.4 Å². The molecule has 0 saturated heterocycles. The third-order valence-corrected chi connectivity index (χ3v) is 3.42. The molecular weight excluding hydrogens is 278 g/mol. The monoisotopic (exact) mass is 289 g/mol. The lowest BCUT2D eigenvalue weighted by Crippen LogP contribution is -1.89. The molecule has 3 heteroatoms. The Morgan fingerprint density at radius 1 is 1.06 bits per heavy atom. The second-order valence-electron chi connectivity index (χ2n) is 4.18. The smallest absolute Gasteiger partial charge is 0.220 e. The summed E-state index contributed by atoms with van der Waals surface area (Å²) in [6.45, 7) is 0. The summed E-state index contributed by atoms with van der Waals surface area (Å²) in [5.41, 5.74) is 2.87. The van der Waals surface area contributed by atoms with E-state index >= 15 is 0 Å². The Morgan fingerprint density at radius 2 is 1.94 bits per heavy atom. The first-order valence-electron chi connectivity index (χ1n) is 5.73. The van der Waals surface area contributed by atoms with Crippen molar-refractivity contribution in [1.29, 1.82) is 0 Å². The van der Waals surface area contributed by atoms with Gasteiger partial charge in [-0.1, -0.05) is 12.1 Å². The molecule has 0 amide bonds. The molecule has 0 N–H and O–H groups in total. The molecule has 3 rings (SSSR count). The molecule has 0 fully saturated rings. The second kappa shape index (κ2) is 4.49. The van der Waals surface area contributed by atoms with E-state index in [1.807, 2.05) is 24.3 Å². The predicted molar refractivity (Wildman–Crippen MR) is 70.5 cm³/mol. The number of benzene rings is 1. The largest absolute Gasteiger partial charge is 0.439 e. The van der Waals surface area contributed by atoms with Crippen LogP contribution in [0.15, 0.2) is 41.0 Å². The first kappa shape index (κ1) is 10.8. The van der Waals surface area contributed by atoms with Crippen molar-refractivity contribution in [1.82, 2.24) is 4.98 Å². The van der Waals surface area contributed by atoms with Crippen LogP contribution in [-0.2, 0) is 12.8 Å². The van der Waals surface area contributed by atoms with Crippen LogP contribution < -0.4 is 4.74 Å². The van der Waals surface area contributed by atoms with Crippen molar-refractivity contribution >= 4 is 15.9 Å². The van der Waals surface area contributed by atoms with E-state index in [2.05, 4.69) is 33.0 Å². The standard InChI is InChI=1S/C14H12BrNO/c15-13-5-2-6-14(16-13)17-12-8-7-10-3-1-4-11(10)9-12/h2,5-9H,1,3-4H2. The molecule has 2 aromatic rings. The van der Waals surface area contributed by atoms with Crippen LogP contribution in [0.1, 0.15) is 17.5 Å². The van der Waals surface area contributed by atoms with Gasteiger partial charge in [0.15, 0.2) is 0 Å². The van der Waals surface area contributed by atoms with Crippen molar-refractivity contribution in [3.8, 4) is 11.6 Å². The van der Waals surface area contributed by atoms with Gasteiger partial charge in [0, 0.05) is 6.07 Å². The molecule has 0 unspecified atom stereocenters. The van der Waals surface area contributed by atoms with Crippen LogP contribution >= 0.6 is 15.9 Å². The Labute approximate surface area is 109 Å². The molecule has 17 heavy (non-hydrogen) atoms. The zero-order valence-electron chi connectivity index (χ0n) is 9.32. The summed E-state index contributed by atoms with van der Waals surface area (Å²) in [6, 6.07) is 12.0. The number of hydrogen-bond acceptors (Lipinski definition) is 2. The van der Waals surface area contributed by atoms with Gasteiger partial charge in [0.25, 0.3) is 0 Å². The average Bonchev–Trinajstić information content (AvgIpc) is 2.76. The van der Waals surface area contributed by atoms with Crippen molar-refractivity contribution in [3.63, 3.8) is 0 Å². The van der Waals surface area contributed by atoms with Crippen LogP contribution in [0.3, 0.4) is 0 Å². The Kier molecular flexibility index (Phi) is 2.85. The predicted octanol–water partition coefficient (Wildman–Crippen LogP) is 4.13. The number of ether oxygens (including phenoxy) is 1. The zero-order valence-corrected chi connectivity index (χ0v) is 10.9. The van der Waals surface area contributed by atoms with Crippen LogP contribution in [0.2, 0.25) is 0 Å². The van der Waals surface area contributed by atoms with Crippen molar-refractivity contribution in [2.75, 3.05) is 0 Å². The van der Waals surface area contributed by atoms with E-state index in [4.69, 9.17) is 4.74 Å². The maximum Gasteiger partial charge on any atom is 0.220 e. The van der Waals surface area contributed by atoms with E-state index < -0.39 is 0 Å². The summed E-state index contributed by atoms with van der Waals surface area (Å²) in [5.74, 6) is 1.49. The molecule has 0 spiro atoms. The molecule has 1 heterocycles. The maximum absolute atomic E-state index is 5.74. The van der Waals surface area contributed by atoms with Gasteiger partial charge in [-0.25, -0.2) is 4.98 Å². The number of nitrogens with zero attached hydrogens (tertiary/aromatic N) is 1. The van der Waals surface area contributed by atoms with Crippen molar-refractivity contribution in [2.24, 2.45) is 0 Å². The number of halogens is 1. The number of rotatable bonds is 2. The van der Waals surface area contributed by atoms with Crippen molar-refractivity contribution in [3.05, 3.63) is 52.1 Å². The Hall–Kier alpha value is -1.35. The van der Waals surface area contributed by atoms with Crippen molar-refractivity contribution < 1.29 is 4.74 Å². The molecule has 0 radical (unpaired) electrons. The minimum Gasteiger partial charge on any atom is -0.439 e. The second-order valence-corrected chi connectivity index (χ2v) is 5.00. The summed E-state index contributed by atoms with van der Waals surface area (Å²) in [4.78, 5) is 4.26. The van der Waals surface area contributed by atoms with E-state index in [-0.39, 0.29) is 0 Å². The zero-order chi connectivity index (χ0) is 11.7. The average molecular weight is 290 g/mol. The van der Waals surface area contributed by atoms with Gasteiger partial charge in [0.05, 0.1) is 0 Å². The molecule has 2 nitrogen and oxygen atoms in total. The third kappa shape index (κ3) is 2.34. The van der Waals surface area contributed by atoms with Crippen LogP contribution in [0.4, 0.5) is 0 Å². The number of hydrogen-bond donors (Lipinski definition) is 0. The van der Waals surface area contributed by atoms with Gasteiger partial charge in [-0.15, -0.1) is 0 Å². The lowest BCUT2D eigenvalue weighted by Gasteiger charge is -2.06. The topological polar surface area (TPSA) is 22.1 Å². The molecule has 0 saturated carbocycles. The molecule has 1 aromatic carbocycles. The van der Waals surface area contributed by atoms with Crippen LogP contribution in [0, 0.1) is 0 Å². The molecule has 1 aliphatic rings. The van der Waals surface area contributed by atoms with Gasteiger partial charge in [-0.05, 0) is 64.5 Å². The summed E-state index contributed by atoms with van der Waals surface area (Å²) >= 11 is 3.33. The maximum atomic E-state index is 5.74. The fraction of sp³-hybridized carbons (Fsp3) is 0.214. The highest BCUT2D eigenvalue weighted by molar-refractivity contribution is 9.10. The fourth-order valence-corrected chi connectivity index (χ4v) is 2.51. The van der Waals surface area contributed by atoms with E-state index in [9.17, 15) is 0 Å². The molecule has 0 atom stereocenters. The summed E-state index contributed by atoms with van der Waals surface area (Å²) < 4.78 is 6.53. The first-order valence-corrected chi connectivity index (χ1v) is 6.53. The molecule has 1 aromatic heterocycles. The van der Waals surface area contributed by atoms with Crippen LogP contribution in [0.5, 0.6) is 11.6 Å². The fourth-order valence-electron chi connectivity index (χ4n) is 2.18. The molecule has 0 aliphatic heterocycles. The van der Waals surface area contributed by atoms with E-state index in [1.165, 1.54) is 30.4 Å². The Balaban J connectivity index is 1.86. The molecule has 1 aliphatic carbocycles. The summed E-state index contributed by atoms with van der Waals surface area (Å²) in [5, 5.41) is 0. The van der Waals surface area contributed by atoms with Gasteiger partial charge in [0.1, 0.15) is 10.4 Å². The quantitative estimate of drug-likeness (QED) is 0.776. The highest BCUT2D eigenvalue weighted by Gasteiger charge is 2.11. The van der Waals surface area contributed by atoms with Crippen molar-refractivity contribution in [2.45, 2.75) is 19.3 Å². The highest BCUT2D eigenvalue weighted by Crippen LogP contribution is 2.28. The Morgan fingerprint density at radius 3 is 2.82 bits per heavy atom. The minimum atomic E-state index is 0.623. The van der Waals surface area contributed by atoms with Crippen LogP contribution in [0.25, 0.3) is 0 Å². The minimum absolute atomic E-state index is 0.623. The van der Waals surface area contributed by atoms with Gasteiger partial charge in [-0.2, -0.15) is 0 Å². The van der Waals surface area contributed by atoms with Gasteiger partial charge < -0.3 is 4.74 Å². The lowest BCUT2D eigenvalue weighted by molar-refractivity contribution is 0.461. The molecule has 0 bridgehead atoms. The number of aryl methyl sites for hydroxylation is 2.